The Morgan fingerprint density at radius 1 is 1.47 bits per heavy atom. The predicted octanol–water partition coefficient (Wildman–Crippen LogP) is 2.75. The van der Waals surface area contributed by atoms with Crippen molar-refractivity contribution in [1.82, 2.24) is 9.55 Å². The summed E-state index contributed by atoms with van der Waals surface area (Å²) in [6.45, 7) is 0. The van der Waals surface area contributed by atoms with E-state index in [1.54, 1.807) is 23.2 Å². The number of halogens is 1. The van der Waals surface area contributed by atoms with Gasteiger partial charge in [0.25, 0.3) is 0 Å². The van der Waals surface area contributed by atoms with Crippen LogP contribution in [0.2, 0.25) is 5.02 Å². The van der Waals surface area contributed by atoms with E-state index >= 15 is 0 Å². The number of hydrogen-bond donors (Lipinski definition) is 1. The van der Waals surface area contributed by atoms with Crippen LogP contribution >= 0.6 is 11.6 Å². The lowest BCUT2D eigenvalue weighted by atomic mass is 10.2. The number of hydrogen-bond acceptors (Lipinski definition) is 3. The summed E-state index contributed by atoms with van der Waals surface area (Å²) in [7, 11) is 1.85. The Hall–Kier alpha value is -1.99. The fourth-order valence-electron chi connectivity index (χ4n) is 1.55. The Kier molecular flexibility index (Phi) is 3.31. The fourth-order valence-corrected chi connectivity index (χ4v) is 1.74. The third kappa shape index (κ3) is 2.40. The summed E-state index contributed by atoms with van der Waals surface area (Å²) >= 11 is 6.03. The first-order chi connectivity index (χ1) is 8.22. The smallest absolute Gasteiger partial charge is 0.156 e. The highest BCUT2D eigenvalue weighted by molar-refractivity contribution is 6.33. The maximum absolute atomic E-state index is 9.18. The van der Waals surface area contributed by atoms with E-state index in [0.29, 0.717) is 5.02 Å². The molecule has 1 aromatic carbocycles. The molecule has 0 bridgehead atoms. The highest BCUT2D eigenvalue weighted by Crippen LogP contribution is 2.25. The quantitative estimate of drug-likeness (QED) is 0.906. The molecule has 0 aliphatic carbocycles. The van der Waals surface area contributed by atoms with Crippen molar-refractivity contribution in [3.05, 3.63) is 47.5 Å². The van der Waals surface area contributed by atoms with Crippen LogP contribution in [-0.4, -0.2) is 9.55 Å². The summed E-state index contributed by atoms with van der Waals surface area (Å²) in [6.07, 6.45) is 3.33. The second-order valence-corrected chi connectivity index (χ2v) is 4.02. The number of para-hydroxylation sites is 1. The van der Waals surface area contributed by atoms with Crippen molar-refractivity contribution in [2.75, 3.05) is 5.32 Å². The highest BCUT2D eigenvalue weighted by Gasteiger charge is 2.14. The molecule has 2 aromatic rings. The second kappa shape index (κ2) is 4.89. The van der Waals surface area contributed by atoms with Gasteiger partial charge in [-0.3, -0.25) is 0 Å². The van der Waals surface area contributed by atoms with Crippen LogP contribution < -0.4 is 5.32 Å². The number of aryl methyl sites for hydroxylation is 1. The van der Waals surface area contributed by atoms with Crippen LogP contribution in [0.15, 0.2) is 36.8 Å². The lowest BCUT2D eigenvalue weighted by molar-refractivity contribution is 0.799. The number of rotatable bonds is 3. The van der Waals surface area contributed by atoms with Gasteiger partial charge in [-0.15, -0.1) is 0 Å². The Bertz CT molecular complexity index is 556. The van der Waals surface area contributed by atoms with Gasteiger partial charge in [0, 0.05) is 7.05 Å². The summed E-state index contributed by atoms with van der Waals surface area (Å²) in [5, 5.41) is 12.9. The van der Waals surface area contributed by atoms with Crippen molar-refractivity contribution in [3.8, 4) is 6.07 Å². The van der Waals surface area contributed by atoms with Crippen molar-refractivity contribution in [1.29, 1.82) is 5.26 Å². The average Bonchev–Trinajstić information content (AvgIpc) is 2.75. The van der Waals surface area contributed by atoms with Gasteiger partial charge in [-0.05, 0) is 12.1 Å². The molecule has 0 aliphatic heterocycles. The van der Waals surface area contributed by atoms with Crippen molar-refractivity contribution in [2.45, 2.75) is 6.04 Å². The van der Waals surface area contributed by atoms with Crippen LogP contribution in [0.3, 0.4) is 0 Å². The van der Waals surface area contributed by atoms with Crippen LogP contribution in [-0.2, 0) is 7.05 Å². The Morgan fingerprint density at radius 2 is 2.24 bits per heavy atom. The van der Waals surface area contributed by atoms with Gasteiger partial charge in [0.15, 0.2) is 6.04 Å². The number of benzene rings is 1. The molecular weight excluding hydrogens is 236 g/mol. The van der Waals surface area contributed by atoms with E-state index < -0.39 is 6.04 Å². The maximum atomic E-state index is 9.18. The van der Waals surface area contributed by atoms with E-state index in [1.165, 1.54) is 0 Å². The fraction of sp³-hybridized carbons (Fsp3) is 0.167. The van der Waals surface area contributed by atoms with Gasteiger partial charge in [-0.2, -0.15) is 5.26 Å². The van der Waals surface area contributed by atoms with Crippen molar-refractivity contribution in [2.24, 2.45) is 7.05 Å². The minimum absolute atomic E-state index is 0.470. The lowest BCUT2D eigenvalue weighted by Gasteiger charge is -2.14. The van der Waals surface area contributed by atoms with E-state index in [9.17, 15) is 5.26 Å². The van der Waals surface area contributed by atoms with Gasteiger partial charge in [0.05, 0.1) is 35.0 Å². The van der Waals surface area contributed by atoms with Crippen LogP contribution in [0.1, 0.15) is 11.7 Å². The van der Waals surface area contributed by atoms with Gasteiger partial charge in [0.1, 0.15) is 0 Å². The van der Waals surface area contributed by atoms with Crippen molar-refractivity contribution < 1.29 is 0 Å². The zero-order valence-electron chi connectivity index (χ0n) is 9.26. The SMILES string of the molecule is Cn1cncc1C(C#N)Nc1ccccc1Cl. The minimum Gasteiger partial charge on any atom is -0.364 e. The van der Waals surface area contributed by atoms with Crippen molar-refractivity contribution in [3.63, 3.8) is 0 Å². The standard InChI is InChI=1S/C12H11ClN4/c1-17-8-15-7-12(17)11(6-14)16-10-5-3-2-4-9(10)13/h2-5,7-8,11,16H,1H3. The average molecular weight is 247 g/mol. The normalized spacial score (nSPS) is 11.8. The van der Waals surface area contributed by atoms with E-state index in [0.717, 1.165) is 11.4 Å². The molecule has 0 amide bonds. The molecule has 1 heterocycles. The first kappa shape index (κ1) is 11.5. The third-order valence-corrected chi connectivity index (χ3v) is 2.78. The molecule has 2 rings (SSSR count). The van der Waals surface area contributed by atoms with E-state index in [1.807, 2.05) is 25.2 Å². The molecule has 1 atom stereocenters. The van der Waals surface area contributed by atoms with Gasteiger partial charge in [-0.1, -0.05) is 23.7 Å². The maximum Gasteiger partial charge on any atom is 0.156 e. The van der Waals surface area contributed by atoms with E-state index in [2.05, 4.69) is 16.4 Å². The molecule has 1 aromatic heterocycles. The molecule has 17 heavy (non-hydrogen) atoms. The van der Waals surface area contributed by atoms with Gasteiger partial charge >= 0.3 is 0 Å². The number of nitrogens with zero attached hydrogens (tertiary/aromatic N) is 3. The third-order valence-electron chi connectivity index (χ3n) is 2.45. The van der Waals surface area contributed by atoms with Gasteiger partial charge < -0.3 is 9.88 Å². The second-order valence-electron chi connectivity index (χ2n) is 3.62. The Labute approximate surface area is 104 Å². The molecule has 0 radical (unpaired) electrons. The molecule has 0 saturated heterocycles. The first-order valence-electron chi connectivity index (χ1n) is 5.09. The zero-order chi connectivity index (χ0) is 12.3. The van der Waals surface area contributed by atoms with Crippen LogP contribution in [0.25, 0.3) is 0 Å². The molecule has 1 unspecified atom stereocenters. The molecule has 4 nitrogen and oxygen atoms in total. The summed E-state index contributed by atoms with van der Waals surface area (Å²) < 4.78 is 1.80. The number of aromatic nitrogens is 2. The first-order valence-corrected chi connectivity index (χ1v) is 5.47. The molecular formula is C12H11ClN4. The number of imidazole rings is 1. The van der Waals surface area contributed by atoms with Gasteiger partial charge in [0.2, 0.25) is 0 Å². The summed E-state index contributed by atoms with van der Waals surface area (Å²) in [5.74, 6) is 0. The van der Waals surface area contributed by atoms with E-state index in [-0.39, 0.29) is 0 Å². The largest absolute Gasteiger partial charge is 0.364 e. The molecule has 1 N–H and O–H groups in total. The highest BCUT2D eigenvalue weighted by atomic mass is 35.5. The predicted molar refractivity (Wildman–Crippen MR) is 66.6 cm³/mol. The van der Waals surface area contributed by atoms with Crippen LogP contribution in [0.5, 0.6) is 0 Å². The topological polar surface area (TPSA) is 53.6 Å². The molecule has 0 spiro atoms. The van der Waals surface area contributed by atoms with Crippen molar-refractivity contribution >= 4 is 17.3 Å². The minimum atomic E-state index is -0.470. The van der Waals surface area contributed by atoms with Crippen LogP contribution in [0.4, 0.5) is 5.69 Å². The molecule has 0 saturated carbocycles. The number of anilines is 1. The van der Waals surface area contributed by atoms with Crippen LogP contribution in [0, 0.1) is 11.3 Å². The van der Waals surface area contributed by atoms with E-state index in [4.69, 9.17) is 11.6 Å². The number of nitrogens with one attached hydrogen (secondary N) is 1. The number of nitriles is 1. The molecule has 5 heteroatoms. The zero-order valence-corrected chi connectivity index (χ0v) is 10.0. The molecule has 86 valence electrons. The Balaban J connectivity index is 2.26. The van der Waals surface area contributed by atoms with Gasteiger partial charge in [-0.25, -0.2) is 4.98 Å². The summed E-state index contributed by atoms with van der Waals surface area (Å²) in [6, 6.07) is 9.05. The summed E-state index contributed by atoms with van der Waals surface area (Å²) in [4.78, 5) is 3.99. The monoisotopic (exact) mass is 246 g/mol. The molecule has 0 fully saturated rings. The lowest BCUT2D eigenvalue weighted by Crippen LogP contribution is -2.12. The molecule has 0 aliphatic rings. The summed E-state index contributed by atoms with van der Waals surface area (Å²) in [5.41, 5.74) is 1.54. The Morgan fingerprint density at radius 3 is 2.82 bits per heavy atom.